The molecule has 0 saturated heterocycles. The van der Waals surface area contributed by atoms with Crippen LogP contribution < -0.4 is 10.5 Å². The lowest BCUT2D eigenvalue weighted by atomic mass is 10.1. The molecular formula is C13H14BrN3O. The number of aryl methyl sites for hydroxylation is 1. The summed E-state index contributed by atoms with van der Waals surface area (Å²) in [4.78, 5) is 7.88. The summed E-state index contributed by atoms with van der Waals surface area (Å²) in [6.45, 7) is 0.601. The summed E-state index contributed by atoms with van der Waals surface area (Å²) in [6.07, 6.45) is 3.31. The van der Waals surface area contributed by atoms with E-state index in [0.717, 1.165) is 12.8 Å². The summed E-state index contributed by atoms with van der Waals surface area (Å²) in [5.74, 6) is 0.888. The molecule has 1 aromatic carbocycles. The zero-order valence-corrected chi connectivity index (χ0v) is 11.4. The van der Waals surface area contributed by atoms with Gasteiger partial charge in [0.25, 0.3) is 0 Å². The molecule has 5 heteroatoms. The Morgan fingerprint density at radius 2 is 1.94 bits per heavy atom. The molecule has 0 saturated carbocycles. The van der Waals surface area contributed by atoms with Crippen molar-refractivity contribution in [1.82, 2.24) is 9.97 Å². The number of anilines is 1. The quantitative estimate of drug-likeness (QED) is 0.863. The minimum atomic E-state index is 0.392. The zero-order valence-electron chi connectivity index (χ0n) is 9.84. The Hall–Kier alpha value is -1.62. The smallest absolute Gasteiger partial charge is 0.233 e. The van der Waals surface area contributed by atoms with E-state index in [2.05, 4.69) is 38.0 Å². The first-order chi connectivity index (χ1) is 8.77. The van der Waals surface area contributed by atoms with Gasteiger partial charge in [0.05, 0.1) is 6.61 Å². The molecule has 94 valence electrons. The molecule has 0 aliphatic carbocycles. The van der Waals surface area contributed by atoms with Crippen molar-refractivity contribution in [3.05, 3.63) is 46.7 Å². The van der Waals surface area contributed by atoms with Crippen LogP contribution >= 0.6 is 15.9 Å². The Bertz CT molecular complexity index is 505. The van der Waals surface area contributed by atoms with Crippen LogP contribution in [0.2, 0.25) is 0 Å². The van der Waals surface area contributed by atoms with Crippen molar-refractivity contribution < 1.29 is 4.74 Å². The van der Waals surface area contributed by atoms with Crippen LogP contribution in [0.4, 0.5) is 5.82 Å². The van der Waals surface area contributed by atoms with E-state index in [0.29, 0.717) is 22.8 Å². The highest BCUT2D eigenvalue weighted by Crippen LogP contribution is 2.26. The molecule has 18 heavy (non-hydrogen) atoms. The Balaban J connectivity index is 1.81. The van der Waals surface area contributed by atoms with Crippen LogP contribution in [0, 0.1) is 0 Å². The lowest BCUT2D eigenvalue weighted by Gasteiger charge is -2.07. The average Bonchev–Trinajstić information content (AvgIpc) is 2.40. The highest BCUT2D eigenvalue weighted by Gasteiger charge is 2.06. The largest absolute Gasteiger partial charge is 0.477 e. The lowest BCUT2D eigenvalue weighted by molar-refractivity contribution is 0.297. The van der Waals surface area contributed by atoms with Gasteiger partial charge in [-0.3, -0.25) is 0 Å². The molecule has 0 aliphatic heterocycles. The number of aromatic nitrogens is 2. The van der Waals surface area contributed by atoms with Gasteiger partial charge in [-0.25, -0.2) is 9.97 Å². The fourth-order valence-electron chi connectivity index (χ4n) is 1.56. The van der Waals surface area contributed by atoms with Crippen LogP contribution in [-0.4, -0.2) is 16.6 Å². The first-order valence-corrected chi connectivity index (χ1v) is 6.49. The van der Waals surface area contributed by atoms with Gasteiger partial charge in [0, 0.05) is 0 Å². The van der Waals surface area contributed by atoms with Gasteiger partial charge in [0.1, 0.15) is 16.6 Å². The highest BCUT2D eigenvalue weighted by atomic mass is 79.9. The molecule has 0 aliphatic rings. The van der Waals surface area contributed by atoms with Crippen LogP contribution in [0.3, 0.4) is 0 Å². The summed E-state index contributed by atoms with van der Waals surface area (Å²) in [6, 6.07) is 10.3. The Kier molecular flexibility index (Phi) is 4.52. The van der Waals surface area contributed by atoms with Crippen LogP contribution in [0.15, 0.2) is 41.1 Å². The van der Waals surface area contributed by atoms with Crippen LogP contribution in [-0.2, 0) is 6.42 Å². The van der Waals surface area contributed by atoms with Crippen LogP contribution in [0.1, 0.15) is 12.0 Å². The van der Waals surface area contributed by atoms with Crippen molar-refractivity contribution in [2.45, 2.75) is 12.8 Å². The molecule has 2 N–H and O–H groups in total. The molecule has 0 bridgehead atoms. The number of benzene rings is 1. The SMILES string of the molecule is Nc1ncnc(OCCCc2ccccc2)c1Br. The Morgan fingerprint density at radius 1 is 1.17 bits per heavy atom. The number of hydrogen-bond donors (Lipinski definition) is 1. The number of nitrogens with two attached hydrogens (primary N) is 1. The van der Waals surface area contributed by atoms with E-state index in [1.54, 1.807) is 0 Å². The van der Waals surface area contributed by atoms with Crippen LogP contribution in [0.25, 0.3) is 0 Å². The minimum Gasteiger partial charge on any atom is -0.477 e. The van der Waals surface area contributed by atoms with E-state index < -0.39 is 0 Å². The average molecular weight is 308 g/mol. The van der Waals surface area contributed by atoms with Gasteiger partial charge in [0.15, 0.2) is 0 Å². The lowest BCUT2D eigenvalue weighted by Crippen LogP contribution is -2.03. The maximum atomic E-state index is 5.64. The van der Waals surface area contributed by atoms with E-state index in [4.69, 9.17) is 10.5 Å². The molecule has 1 heterocycles. The van der Waals surface area contributed by atoms with Crippen molar-refractivity contribution in [3.8, 4) is 5.88 Å². The molecule has 1 aromatic heterocycles. The van der Waals surface area contributed by atoms with Crippen molar-refractivity contribution >= 4 is 21.7 Å². The van der Waals surface area contributed by atoms with E-state index in [9.17, 15) is 0 Å². The fourth-order valence-corrected chi connectivity index (χ4v) is 1.88. The summed E-state index contributed by atoms with van der Waals surface area (Å²) in [5.41, 5.74) is 6.95. The number of halogens is 1. The number of hydrogen-bond acceptors (Lipinski definition) is 4. The minimum absolute atomic E-state index is 0.392. The van der Waals surface area contributed by atoms with E-state index in [-0.39, 0.29) is 0 Å². The second-order valence-electron chi connectivity index (χ2n) is 3.82. The molecule has 0 unspecified atom stereocenters. The van der Waals surface area contributed by atoms with E-state index in [1.165, 1.54) is 11.9 Å². The highest BCUT2D eigenvalue weighted by molar-refractivity contribution is 9.10. The first-order valence-electron chi connectivity index (χ1n) is 5.70. The van der Waals surface area contributed by atoms with Crippen LogP contribution in [0.5, 0.6) is 5.88 Å². The summed E-state index contributed by atoms with van der Waals surface area (Å²) < 4.78 is 6.18. The van der Waals surface area contributed by atoms with Crippen molar-refractivity contribution in [2.24, 2.45) is 0 Å². The number of rotatable bonds is 5. The van der Waals surface area contributed by atoms with Crippen molar-refractivity contribution in [3.63, 3.8) is 0 Å². The number of nitrogens with zero attached hydrogens (tertiary/aromatic N) is 2. The maximum absolute atomic E-state index is 5.64. The molecule has 2 rings (SSSR count). The molecule has 0 spiro atoms. The van der Waals surface area contributed by atoms with Gasteiger partial charge >= 0.3 is 0 Å². The van der Waals surface area contributed by atoms with Gasteiger partial charge in [-0.05, 0) is 34.3 Å². The molecule has 2 aromatic rings. The molecule has 0 amide bonds. The molecular weight excluding hydrogens is 294 g/mol. The molecule has 0 radical (unpaired) electrons. The standard InChI is InChI=1S/C13H14BrN3O/c14-11-12(15)16-9-17-13(11)18-8-4-7-10-5-2-1-3-6-10/h1-3,5-6,9H,4,7-8H2,(H2,15,16,17). The van der Waals surface area contributed by atoms with Gasteiger partial charge in [-0.1, -0.05) is 30.3 Å². The van der Waals surface area contributed by atoms with E-state index >= 15 is 0 Å². The van der Waals surface area contributed by atoms with Gasteiger partial charge in [0.2, 0.25) is 5.88 Å². The Morgan fingerprint density at radius 3 is 2.72 bits per heavy atom. The monoisotopic (exact) mass is 307 g/mol. The van der Waals surface area contributed by atoms with Crippen molar-refractivity contribution in [2.75, 3.05) is 12.3 Å². The van der Waals surface area contributed by atoms with Gasteiger partial charge in [-0.2, -0.15) is 0 Å². The number of nitrogen functional groups attached to an aromatic ring is 1. The predicted molar refractivity (Wildman–Crippen MR) is 74.4 cm³/mol. The summed E-state index contributed by atoms with van der Waals surface area (Å²) in [7, 11) is 0. The second kappa shape index (κ2) is 6.35. The predicted octanol–water partition coefficient (Wildman–Crippen LogP) is 2.83. The van der Waals surface area contributed by atoms with Gasteiger partial charge in [-0.15, -0.1) is 0 Å². The molecule has 0 atom stereocenters. The third kappa shape index (κ3) is 3.43. The summed E-state index contributed by atoms with van der Waals surface area (Å²) >= 11 is 3.30. The number of ether oxygens (including phenoxy) is 1. The zero-order chi connectivity index (χ0) is 12.8. The van der Waals surface area contributed by atoms with Gasteiger partial charge < -0.3 is 10.5 Å². The maximum Gasteiger partial charge on any atom is 0.233 e. The normalized spacial score (nSPS) is 10.3. The third-order valence-electron chi connectivity index (χ3n) is 2.48. The van der Waals surface area contributed by atoms with E-state index in [1.807, 2.05) is 18.2 Å². The second-order valence-corrected chi connectivity index (χ2v) is 4.61. The first kappa shape index (κ1) is 12.8. The molecule has 0 fully saturated rings. The Labute approximate surface area is 114 Å². The molecule has 4 nitrogen and oxygen atoms in total. The topological polar surface area (TPSA) is 61.0 Å². The fraction of sp³-hybridized carbons (Fsp3) is 0.231. The third-order valence-corrected chi connectivity index (χ3v) is 3.22. The van der Waals surface area contributed by atoms with Crippen molar-refractivity contribution in [1.29, 1.82) is 0 Å². The summed E-state index contributed by atoms with van der Waals surface area (Å²) in [5, 5.41) is 0.